The van der Waals surface area contributed by atoms with Crippen molar-refractivity contribution >= 4 is 10.0 Å². The highest BCUT2D eigenvalue weighted by molar-refractivity contribution is 7.89. The van der Waals surface area contributed by atoms with E-state index in [0.717, 1.165) is 0 Å². The molecule has 0 amide bonds. The van der Waals surface area contributed by atoms with E-state index in [1.165, 1.54) is 24.6 Å². The molecule has 0 radical (unpaired) electrons. The number of methoxy groups -OCH3 is 2. The number of benzene rings is 1. The summed E-state index contributed by atoms with van der Waals surface area (Å²) in [5.74, 6) is 1.21. The van der Waals surface area contributed by atoms with Gasteiger partial charge in [0.2, 0.25) is 15.9 Å². The molecular formula is C17H21N3O5S. The summed E-state index contributed by atoms with van der Waals surface area (Å²) in [6, 6.07) is 4.74. The number of nitrogens with zero attached hydrogens (tertiary/aromatic N) is 3. The molecule has 1 aliphatic heterocycles. The Morgan fingerprint density at radius 3 is 2.50 bits per heavy atom. The first-order valence-electron chi connectivity index (χ1n) is 8.19. The van der Waals surface area contributed by atoms with Gasteiger partial charge in [-0.3, -0.25) is 4.98 Å². The Kier molecular flexibility index (Phi) is 5.58. The predicted octanol–water partition coefficient (Wildman–Crippen LogP) is 1.73. The van der Waals surface area contributed by atoms with Crippen molar-refractivity contribution in [3.63, 3.8) is 0 Å². The fourth-order valence-corrected chi connectivity index (χ4v) is 4.47. The molecule has 0 aliphatic carbocycles. The van der Waals surface area contributed by atoms with E-state index < -0.39 is 10.0 Å². The van der Waals surface area contributed by atoms with Crippen LogP contribution in [0.1, 0.15) is 12.8 Å². The lowest BCUT2D eigenvalue weighted by Crippen LogP contribution is -2.41. The van der Waals surface area contributed by atoms with E-state index in [0.29, 0.717) is 43.3 Å². The third-order valence-corrected chi connectivity index (χ3v) is 6.14. The van der Waals surface area contributed by atoms with E-state index in [-0.39, 0.29) is 11.0 Å². The van der Waals surface area contributed by atoms with Gasteiger partial charge in [0.05, 0.1) is 20.4 Å². The summed E-state index contributed by atoms with van der Waals surface area (Å²) >= 11 is 0. The Bertz CT molecular complexity index is 837. The Balaban J connectivity index is 1.72. The highest BCUT2D eigenvalue weighted by atomic mass is 32.2. The number of piperidine rings is 1. The number of ether oxygens (including phenoxy) is 3. The summed E-state index contributed by atoms with van der Waals surface area (Å²) < 4.78 is 43.6. The van der Waals surface area contributed by atoms with E-state index in [1.54, 1.807) is 30.7 Å². The summed E-state index contributed by atoms with van der Waals surface area (Å²) in [5.41, 5.74) is 0. The van der Waals surface area contributed by atoms with Crippen LogP contribution in [0.2, 0.25) is 0 Å². The summed E-state index contributed by atoms with van der Waals surface area (Å²) in [4.78, 5) is 8.15. The molecule has 0 bridgehead atoms. The van der Waals surface area contributed by atoms with E-state index in [9.17, 15) is 8.42 Å². The molecule has 8 nitrogen and oxygen atoms in total. The molecule has 2 aromatic rings. The van der Waals surface area contributed by atoms with E-state index >= 15 is 0 Å². The third-order valence-electron chi connectivity index (χ3n) is 4.22. The highest BCUT2D eigenvalue weighted by Gasteiger charge is 2.32. The molecule has 0 spiro atoms. The predicted molar refractivity (Wildman–Crippen MR) is 94.0 cm³/mol. The van der Waals surface area contributed by atoms with Crippen LogP contribution in [-0.2, 0) is 10.0 Å². The SMILES string of the molecule is COc1ccc(OC)c(S(=O)(=O)N2CCC(Oc3cnccn3)CC2)c1. The highest BCUT2D eigenvalue weighted by Crippen LogP contribution is 2.32. The average Bonchev–Trinajstić information content (AvgIpc) is 2.68. The van der Waals surface area contributed by atoms with Gasteiger partial charge in [0.15, 0.2) is 0 Å². The number of aromatic nitrogens is 2. The minimum Gasteiger partial charge on any atom is -0.497 e. The van der Waals surface area contributed by atoms with Crippen LogP contribution in [0.25, 0.3) is 0 Å². The van der Waals surface area contributed by atoms with Crippen LogP contribution in [0.15, 0.2) is 41.7 Å². The number of hydrogen-bond acceptors (Lipinski definition) is 7. The van der Waals surface area contributed by atoms with Crippen LogP contribution in [0.4, 0.5) is 0 Å². The van der Waals surface area contributed by atoms with Gasteiger partial charge in [0.1, 0.15) is 22.5 Å². The minimum absolute atomic E-state index is 0.0923. The van der Waals surface area contributed by atoms with Gasteiger partial charge < -0.3 is 14.2 Å². The third kappa shape index (κ3) is 3.88. The first-order chi connectivity index (χ1) is 12.5. The van der Waals surface area contributed by atoms with Crippen molar-refractivity contribution in [1.82, 2.24) is 14.3 Å². The second-order valence-corrected chi connectivity index (χ2v) is 7.69. The number of hydrogen-bond donors (Lipinski definition) is 0. The maximum atomic E-state index is 13.0. The van der Waals surface area contributed by atoms with Crippen molar-refractivity contribution in [1.29, 1.82) is 0 Å². The molecule has 9 heteroatoms. The van der Waals surface area contributed by atoms with Crippen molar-refractivity contribution in [3.8, 4) is 17.4 Å². The Labute approximate surface area is 152 Å². The average molecular weight is 379 g/mol. The van der Waals surface area contributed by atoms with Crippen LogP contribution >= 0.6 is 0 Å². The van der Waals surface area contributed by atoms with E-state index in [2.05, 4.69) is 9.97 Å². The molecule has 1 aromatic heterocycles. The van der Waals surface area contributed by atoms with Crippen molar-refractivity contribution in [2.45, 2.75) is 23.8 Å². The summed E-state index contributed by atoms with van der Waals surface area (Å²) in [5, 5.41) is 0. The summed E-state index contributed by atoms with van der Waals surface area (Å²) in [6.45, 7) is 0.710. The molecular weight excluding hydrogens is 358 g/mol. The smallest absolute Gasteiger partial charge is 0.246 e. The first kappa shape index (κ1) is 18.4. The molecule has 0 unspecified atom stereocenters. The monoisotopic (exact) mass is 379 g/mol. The summed E-state index contributed by atoms with van der Waals surface area (Å²) in [6.07, 6.45) is 5.73. The Morgan fingerprint density at radius 1 is 1.12 bits per heavy atom. The standard InChI is InChI=1S/C17H21N3O5S/c1-23-14-3-4-15(24-2)16(11-14)26(21,22)20-9-5-13(6-10-20)25-17-12-18-7-8-19-17/h3-4,7-8,11-13H,5-6,9-10H2,1-2H3. The molecule has 0 N–H and O–H groups in total. The van der Waals surface area contributed by atoms with Gasteiger partial charge in [-0.15, -0.1) is 0 Å². The molecule has 1 saturated heterocycles. The van der Waals surface area contributed by atoms with Crippen molar-refractivity contribution in [2.75, 3.05) is 27.3 Å². The van der Waals surface area contributed by atoms with Gasteiger partial charge in [-0.2, -0.15) is 4.31 Å². The second-order valence-electron chi connectivity index (χ2n) is 5.78. The quantitative estimate of drug-likeness (QED) is 0.755. The lowest BCUT2D eigenvalue weighted by atomic mass is 10.1. The summed E-state index contributed by atoms with van der Waals surface area (Å²) in [7, 11) is -0.749. The zero-order chi connectivity index (χ0) is 18.6. The van der Waals surface area contributed by atoms with Crippen LogP contribution in [-0.4, -0.2) is 56.1 Å². The molecule has 3 rings (SSSR count). The van der Waals surface area contributed by atoms with Gasteiger partial charge in [-0.05, 0) is 25.0 Å². The molecule has 1 aliphatic rings. The Morgan fingerprint density at radius 2 is 1.88 bits per heavy atom. The van der Waals surface area contributed by atoms with Crippen LogP contribution in [0, 0.1) is 0 Å². The molecule has 1 fully saturated rings. The zero-order valence-electron chi connectivity index (χ0n) is 14.7. The molecule has 2 heterocycles. The first-order valence-corrected chi connectivity index (χ1v) is 9.63. The van der Waals surface area contributed by atoms with Crippen molar-refractivity contribution < 1.29 is 22.6 Å². The van der Waals surface area contributed by atoms with Gasteiger partial charge in [0, 0.05) is 31.5 Å². The zero-order valence-corrected chi connectivity index (χ0v) is 15.5. The van der Waals surface area contributed by atoms with E-state index in [1.807, 2.05) is 0 Å². The maximum Gasteiger partial charge on any atom is 0.246 e. The van der Waals surface area contributed by atoms with E-state index in [4.69, 9.17) is 14.2 Å². The number of sulfonamides is 1. The maximum absolute atomic E-state index is 13.0. The van der Waals surface area contributed by atoms with Gasteiger partial charge in [0.25, 0.3) is 0 Å². The lowest BCUT2D eigenvalue weighted by molar-refractivity contribution is 0.129. The molecule has 140 valence electrons. The minimum atomic E-state index is -3.69. The number of rotatable bonds is 6. The van der Waals surface area contributed by atoms with Gasteiger partial charge >= 0.3 is 0 Å². The van der Waals surface area contributed by atoms with Crippen LogP contribution in [0.3, 0.4) is 0 Å². The largest absolute Gasteiger partial charge is 0.497 e. The fourth-order valence-electron chi connectivity index (χ4n) is 2.83. The van der Waals surface area contributed by atoms with Gasteiger partial charge in [-0.25, -0.2) is 13.4 Å². The lowest BCUT2D eigenvalue weighted by Gasteiger charge is -2.31. The molecule has 0 atom stereocenters. The van der Waals surface area contributed by atoms with Crippen molar-refractivity contribution in [2.24, 2.45) is 0 Å². The van der Waals surface area contributed by atoms with Crippen molar-refractivity contribution in [3.05, 3.63) is 36.8 Å². The topological polar surface area (TPSA) is 90.9 Å². The Hall–Kier alpha value is -2.39. The molecule has 26 heavy (non-hydrogen) atoms. The molecule has 0 saturated carbocycles. The normalized spacial score (nSPS) is 16.2. The fraction of sp³-hybridized carbons (Fsp3) is 0.412. The second kappa shape index (κ2) is 7.88. The van der Waals surface area contributed by atoms with Crippen LogP contribution < -0.4 is 14.2 Å². The van der Waals surface area contributed by atoms with Gasteiger partial charge in [-0.1, -0.05) is 0 Å². The van der Waals surface area contributed by atoms with Crippen LogP contribution in [0.5, 0.6) is 17.4 Å². The molecule has 1 aromatic carbocycles.